The van der Waals surface area contributed by atoms with Crippen molar-refractivity contribution in [1.29, 1.82) is 0 Å². The van der Waals surface area contributed by atoms with Crippen LogP contribution in [0.4, 0.5) is 0 Å². The third kappa shape index (κ3) is 3.94. The Hall–Kier alpha value is -0.120. The second-order valence-electron chi connectivity index (χ2n) is 6.36. The molecule has 0 bridgehead atoms. The third-order valence-electron chi connectivity index (χ3n) is 4.80. The second kappa shape index (κ2) is 6.88. The highest BCUT2D eigenvalue weighted by Gasteiger charge is 2.25. The van der Waals surface area contributed by atoms with E-state index in [9.17, 15) is 0 Å². The van der Waals surface area contributed by atoms with Crippen molar-refractivity contribution >= 4 is 0 Å². The molecule has 2 aliphatic heterocycles. The molecule has 1 atom stereocenters. The Morgan fingerprint density at radius 2 is 1.83 bits per heavy atom. The Kier molecular flexibility index (Phi) is 5.46. The highest BCUT2D eigenvalue weighted by atomic mass is 15.2. The zero-order chi connectivity index (χ0) is 13.0. The van der Waals surface area contributed by atoms with Crippen LogP contribution in [0.25, 0.3) is 0 Å². The Bertz CT molecular complexity index is 234. The fraction of sp³-hybridized carbons (Fsp3) is 1.00. The molecule has 2 heterocycles. The van der Waals surface area contributed by atoms with E-state index < -0.39 is 0 Å². The summed E-state index contributed by atoms with van der Waals surface area (Å²) >= 11 is 0. The maximum Gasteiger partial charge on any atom is 0.0207 e. The molecular formula is C15H31N3. The van der Waals surface area contributed by atoms with Gasteiger partial charge < -0.3 is 10.2 Å². The molecule has 18 heavy (non-hydrogen) atoms. The van der Waals surface area contributed by atoms with E-state index in [1.54, 1.807) is 0 Å². The van der Waals surface area contributed by atoms with E-state index in [0.717, 1.165) is 12.0 Å². The molecule has 0 radical (unpaired) electrons. The summed E-state index contributed by atoms with van der Waals surface area (Å²) in [6, 6.07) is 1.46. The summed E-state index contributed by atoms with van der Waals surface area (Å²) in [6.45, 7) is 14.5. The lowest BCUT2D eigenvalue weighted by Gasteiger charge is -2.31. The van der Waals surface area contributed by atoms with E-state index in [4.69, 9.17) is 0 Å². The number of hydrogen-bond acceptors (Lipinski definition) is 3. The van der Waals surface area contributed by atoms with Gasteiger partial charge in [0.1, 0.15) is 0 Å². The number of likely N-dealkylation sites (tertiary alicyclic amines) is 2. The van der Waals surface area contributed by atoms with Crippen LogP contribution in [0.1, 0.15) is 40.0 Å². The highest BCUT2D eigenvalue weighted by molar-refractivity contribution is 4.84. The zero-order valence-corrected chi connectivity index (χ0v) is 12.5. The molecule has 3 nitrogen and oxygen atoms in total. The van der Waals surface area contributed by atoms with E-state index in [-0.39, 0.29) is 0 Å². The number of nitrogens with one attached hydrogen (secondary N) is 1. The summed E-state index contributed by atoms with van der Waals surface area (Å²) in [5, 5.41) is 3.81. The van der Waals surface area contributed by atoms with E-state index in [1.165, 1.54) is 58.5 Å². The van der Waals surface area contributed by atoms with Crippen molar-refractivity contribution in [3.63, 3.8) is 0 Å². The van der Waals surface area contributed by atoms with Gasteiger partial charge in [-0.1, -0.05) is 6.92 Å². The van der Waals surface area contributed by atoms with Crippen LogP contribution in [0.15, 0.2) is 0 Å². The van der Waals surface area contributed by atoms with Gasteiger partial charge in [-0.25, -0.2) is 0 Å². The largest absolute Gasteiger partial charge is 0.312 e. The van der Waals surface area contributed by atoms with E-state index in [1.807, 2.05) is 0 Å². The lowest BCUT2D eigenvalue weighted by molar-refractivity contribution is 0.187. The van der Waals surface area contributed by atoms with Gasteiger partial charge in [-0.15, -0.1) is 0 Å². The van der Waals surface area contributed by atoms with Crippen LogP contribution in [0.5, 0.6) is 0 Å². The van der Waals surface area contributed by atoms with Crippen LogP contribution in [0.3, 0.4) is 0 Å². The molecule has 0 saturated carbocycles. The average molecular weight is 253 g/mol. The van der Waals surface area contributed by atoms with Crippen molar-refractivity contribution in [2.45, 2.75) is 52.1 Å². The van der Waals surface area contributed by atoms with Gasteiger partial charge in [0.2, 0.25) is 0 Å². The molecule has 1 unspecified atom stereocenters. The van der Waals surface area contributed by atoms with Crippen molar-refractivity contribution in [3.8, 4) is 0 Å². The first-order valence-corrected chi connectivity index (χ1v) is 7.88. The molecule has 2 fully saturated rings. The van der Waals surface area contributed by atoms with Gasteiger partial charge in [-0.3, -0.25) is 4.90 Å². The molecule has 2 saturated heterocycles. The Balaban J connectivity index is 1.61. The van der Waals surface area contributed by atoms with Crippen molar-refractivity contribution in [1.82, 2.24) is 15.1 Å². The molecule has 2 aliphatic rings. The molecule has 0 aromatic carbocycles. The molecule has 2 rings (SSSR count). The topological polar surface area (TPSA) is 18.5 Å². The van der Waals surface area contributed by atoms with Crippen LogP contribution in [0.2, 0.25) is 0 Å². The number of rotatable bonds is 5. The van der Waals surface area contributed by atoms with Crippen molar-refractivity contribution in [3.05, 3.63) is 0 Å². The fourth-order valence-electron chi connectivity index (χ4n) is 3.26. The molecule has 0 aromatic rings. The number of nitrogens with zero attached hydrogens (tertiary/aromatic N) is 2. The normalized spacial score (nSPS) is 28.3. The first-order chi connectivity index (χ1) is 8.69. The van der Waals surface area contributed by atoms with Gasteiger partial charge in [0, 0.05) is 18.6 Å². The summed E-state index contributed by atoms with van der Waals surface area (Å²) in [5.74, 6) is 0.917. The van der Waals surface area contributed by atoms with Gasteiger partial charge >= 0.3 is 0 Å². The van der Waals surface area contributed by atoms with E-state index >= 15 is 0 Å². The lowest BCUT2D eigenvalue weighted by atomic mass is 9.96. The van der Waals surface area contributed by atoms with Gasteiger partial charge in [-0.2, -0.15) is 0 Å². The summed E-state index contributed by atoms with van der Waals surface area (Å²) in [4.78, 5) is 5.17. The third-order valence-corrected chi connectivity index (χ3v) is 4.80. The standard InChI is InChI=1S/C15H31N3/c1-4-17-8-5-14(6-9-17)11-16-15-7-10-18(12-15)13(2)3/h13-16H,4-12H2,1-3H3. The number of hydrogen-bond donors (Lipinski definition) is 1. The molecule has 0 aliphatic carbocycles. The van der Waals surface area contributed by atoms with Gasteiger partial charge in [0.25, 0.3) is 0 Å². The van der Waals surface area contributed by atoms with E-state index in [0.29, 0.717) is 6.04 Å². The minimum atomic E-state index is 0.713. The van der Waals surface area contributed by atoms with Gasteiger partial charge in [0.15, 0.2) is 0 Å². The predicted molar refractivity (Wildman–Crippen MR) is 78.0 cm³/mol. The summed E-state index contributed by atoms with van der Waals surface area (Å²) in [6.07, 6.45) is 4.12. The van der Waals surface area contributed by atoms with Gasteiger partial charge in [0.05, 0.1) is 0 Å². The quantitative estimate of drug-likeness (QED) is 0.806. The molecule has 0 aromatic heterocycles. The molecular weight excluding hydrogens is 222 g/mol. The minimum Gasteiger partial charge on any atom is -0.312 e. The maximum absolute atomic E-state index is 3.81. The fourth-order valence-corrected chi connectivity index (χ4v) is 3.26. The summed E-state index contributed by atoms with van der Waals surface area (Å²) in [7, 11) is 0. The van der Waals surface area contributed by atoms with Crippen LogP contribution in [-0.4, -0.2) is 61.2 Å². The monoisotopic (exact) mass is 253 g/mol. The summed E-state index contributed by atoms with van der Waals surface area (Å²) < 4.78 is 0. The maximum atomic E-state index is 3.81. The zero-order valence-electron chi connectivity index (χ0n) is 12.5. The van der Waals surface area contributed by atoms with Crippen LogP contribution in [0, 0.1) is 5.92 Å². The van der Waals surface area contributed by atoms with Crippen molar-refractivity contribution in [2.24, 2.45) is 5.92 Å². The SMILES string of the molecule is CCN1CCC(CNC2CCN(C(C)C)C2)CC1. The van der Waals surface area contributed by atoms with Crippen LogP contribution < -0.4 is 5.32 Å². The first kappa shape index (κ1) is 14.3. The average Bonchev–Trinajstić information content (AvgIpc) is 2.86. The van der Waals surface area contributed by atoms with Crippen molar-refractivity contribution in [2.75, 3.05) is 39.3 Å². The second-order valence-corrected chi connectivity index (χ2v) is 6.36. The lowest BCUT2D eigenvalue weighted by Crippen LogP contribution is -2.41. The van der Waals surface area contributed by atoms with Crippen molar-refractivity contribution < 1.29 is 0 Å². The van der Waals surface area contributed by atoms with Crippen LogP contribution in [-0.2, 0) is 0 Å². The van der Waals surface area contributed by atoms with Crippen LogP contribution >= 0.6 is 0 Å². The Labute approximate surface area is 113 Å². The number of piperidine rings is 1. The molecule has 0 amide bonds. The summed E-state index contributed by atoms with van der Waals surface area (Å²) in [5.41, 5.74) is 0. The first-order valence-electron chi connectivity index (χ1n) is 7.88. The predicted octanol–water partition coefficient (Wildman–Crippen LogP) is 1.79. The Morgan fingerprint density at radius 3 is 2.39 bits per heavy atom. The molecule has 106 valence electrons. The molecule has 0 spiro atoms. The van der Waals surface area contributed by atoms with E-state index in [2.05, 4.69) is 35.9 Å². The Morgan fingerprint density at radius 1 is 1.11 bits per heavy atom. The highest BCUT2D eigenvalue weighted by Crippen LogP contribution is 2.17. The minimum absolute atomic E-state index is 0.713. The molecule has 1 N–H and O–H groups in total. The van der Waals surface area contributed by atoms with Gasteiger partial charge in [-0.05, 0) is 71.8 Å². The smallest absolute Gasteiger partial charge is 0.0207 e. The molecule has 3 heteroatoms.